The maximum atomic E-state index is 12.1. The highest BCUT2D eigenvalue weighted by Gasteiger charge is 2.13. The van der Waals surface area contributed by atoms with Gasteiger partial charge >= 0.3 is 0 Å². The van der Waals surface area contributed by atoms with E-state index in [1.165, 1.54) is 18.0 Å². The summed E-state index contributed by atoms with van der Waals surface area (Å²) in [5.41, 5.74) is 2.98. The number of nitrogens with one attached hydrogen (secondary N) is 1. The second-order valence-corrected chi connectivity index (χ2v) is 5.98. The van der Waals surface area contributed by atoms with Crippen molar-refractivity contribution in [3.05, 3.63) is 41.4 Å². The molecule has 1 heterocycles. The summed E-state index contributed by atoms with van der Waals surface area (Å²) in [5.74, 6) is 0. The van der Waals surface area contributed by atoms with E-state index >= 15 is 0 Å². The number of hydrazone groups is 1. The van der Waals surface area contributed by atoms with Crippen molar-refractivity contribution in [2.45, 2.75) is 4.90 Å². The molecule has 1 aliphatic rings. The molecule has 18 heavy (non-hydrogen) atoms. The van der Waals surface area contributed by atoms with Crippen molar-refractivity contribution in [2.24, 2.45) is 10.1 Å². The molecule has 7 heteroatoms. The van der Waals surface area contributed by atoms with Crippen molar-refractivity contribution in [2.75, 3.05) is 6.26 Å². The number of hydrogen-bond donors (Lipinski definition) is 1. The fourth-order valence-electron chi connectivity index (χ4n) is 1.31. The minimum absolute atomic E-state index is 0.241. The van der Waals surface area contributed by atoms with Gasteiger partial charge < -0.3 is 0 Å². The third-order valence-corrected chi connectivity index (χ3v) is 4.18. The van der Waals surface area contributed by atoms with Crippen molar-refractivity contribution >= 4 is 33.0 Å². The number of amidine groups is 1. The van der Waals surface area contributed by atoms with Crippen molar-refractivity contribution < 1.29 is 8.42 Å². The van der Waals surface area contributed by atoms with Gasteiger partial charge in [0.2, 0.25) is 9.84 Å². The molecule has 0 radical (unpaired) electrons. The molecule has 1 aromatic rings. The van der Waals surface area contributed by atoms with E-state index in [0.717, 1.165) is 5.41 Å². The number of nitrogens with zero attached hydrogens (tertiary/aromatic N) is 2. The summed E-state index contributed by atoms with van der Waals surface area (Å²) in [5, 5.41) is 5.51. The molecular weight excluding hydrogens is 270 g/mol. The first-order valence-corrected chi connectivity index (χ1v) is 7.82. The Labute approximate surface area is 110 Å². The van der Waals surface area contributed by atoms with E-state index < -0.39 is 9.84 Å². The van der Waals surface area contributed by atoms with Crippen LogP contribution < -0.4 is 5.43 Å². The fourth-order valence-corrected chi connectivity index (χ4v) is 2.75. The van der Waals surface area contributed by atoms with Gasteiger partial charge in [-0.1, -0.05) is 30.0 Å². The molecule has 1 aliphatic heterocycles. The third kappa shape index (κ3) is 2.99. The molecule has 0 atom stereocenters. The molecule has 1 N–H and O–H groups in total. The van der Waals surface area contributed by atoms with Crippen LogP contribution in [-0.4, -0.2) is 26.1 Å². The normalized spacial score (nSPS) is 17.4. The van der Waals surface area contributed by atoms with Gasteiger partial charge in [-0.05, 0) is 18.4 Å². The van der Waals surface area contributed by atoms with Gasteiger partial charge in [-0.3, -0.25) is 5.43 Å². The number of allylic oxidation sites excluding steroid dienone is 1. The SMILES string of the molecule is CSC1=N/C(=C/S(=O)(=O)c2ccccc2)C=NN1. The van der Waals surface area contributed by atoms with Gasteiger partial charge in [0, 0.05) is 0 Å². The van der Waals surface area contributed by atoms with Crippen molar-refractivity contribution in [1.82, 2.24) is 5.43 Å². The minimum atomic E-state index is -3.49. The summed E-state index contributed by atoms with van der Waals surface area (Å²) in [4.78, 5) is 4.35. The van der Waals surface area contributed by atoms with Crippen molar-refractivity contribution in [3.8, 4) is 0 Å². The molecule has 0 aromatic heterocycles. The molecule has 0 aliphatic carbocycles. The largest absolute Gasteiger partial charge is 0.256 e. The van der Waals surface area contributed by atoms with Gasteiger partial charge in [0.05, 0.1) is 22.2 Å². The van der Waals surface area contributed by atoms with Gasteiger partial charge in [-0.2, -0.15) is 5.10 Å². The van der Waals surface area contributed by atoms with Gasteiger partial charge in [0.1, 0.15) is 0 Å². The van der Waals surface area contributed by atoms with Gasteiger partial charge in [0.25, 0.3) is 0 Å². The van der Waals surface area contributed by atoms with Crippen LogP contribution in [0.25, 0.3) is 0 Å². The van der Waals surface area contributed by atoms with Crippen molar-refractivity contribution in [1.29, 1.82) is 0 Å². The summed E-state index contributed by atoms with van der Waals surface area (Å²) in [6.45, 7) is 0. The molecule has 94 valence electrons. The number of rotatable bonds is 2. The first-order chi connectivity index (χ1) is 8.62. The van der Waals surface area contributed by atoms with Crippen LogP contribution in [0.5, 0.6) is 0 Å². The molecule has 5 nitrogen and oxygen atoms in total. The van der Waals surface area contributed by atoms with Gasteiger partial charge in [-0.25, -0.2) is 13.4 Å². The highest BCUT2D eigenvalue weighted by Crippen LogP contribution is 2.15. The Bertz CT molecular complexity index is 619. The molecule has 0 unspecified atom stereocenters. The molecule has 0 spiro atoms. The molecule has 0 fully saturated rings. The van der Waals surface area contributed by atoms with Crippen LogP contribution in [0.15, 0.2) is 56.4 Å². The second kappa shape index (κ2) is 5.36. The zero-order valence-corrected chi connectivity index (χ0v) is 11.2. The van der Waals surface area contributed by atoms with E-state index in [1.54, 1.807) is 30.3 Å². The zero-order valence-electron chi connectivity index (χ0n) is 9.57. The fraction of sp³-hybridized carbons (Fsp3) is 0.0909. The Balaban J connectivity index is 2.36. The van der Waals surface area contributed by atoms with Crippen LogP contribution >= 0.6 is 11.8 Å². The molecule has 0 bridgehead atoms. The second-order valence-electron chi connectivity index (χ2n) is 3.39. The van der Waals surface area contributed by atoms with Crippen LogP contribution in [0.1, 0.15) is 0 Å². The predicted octanol–water partition coefficient (Wildman–Crippen LogP) is 1.61. The Morgan fingerprint density at radius 1 is 1.28 bits per heavy atom. The number of hydrogen-bond acceptors (Lipinski definition) is 6. The number of benzene rings is 1. The number of thioether (sulfide) groups is 1. The minimum Gasteiger partial charge on any atom is -0.256 e. The Kier molecular flexibility index (Phi) is 3.83. The Morgan fingerprint density at radius 2 is 2.00 bits per heavy atom. The highest BCUT2D eigenvalue weighted by molar-refractivity contribution is 8.13. The van der Waals surface area contributed by atoms with E-state index in [0.29, 0.717) is 10.9 Å². The molecule has 0 saturated carbocycles. The van der Waals surface area contributed by atoms with E-state index in [2.05, 4.69) is 15.5 Å². The lowest BCUT2D eigenvalue weighted by Crippen LogP contribution is -2.18. The van der Waals surface area contributed by atoms with E-state index in [-0.39, 0.29) is 4.90 Å². The van der Waals surface area contributed by atoms with E-state index in [1.807, 2.05) is 6.26 Å². The zero-order chi connectivity index (χ0) is 13.0. The van der Waals surface area contributed by atoms with Crippen LogP contribution in [0.2, 0.25) is 0 Å². The summed E-state index contributed by atoms with van der Waals surface area (Å²) >= 11 is 1.36. The van der Waals surface area contributed by atoms with E-state index in [9.17, 15) is 8.42 Å². The summed E-state index contributed by atoms with van der Waals surface area (Å²) in [7, 11) is -3.49. The van der Waals surface area contributed by atoms with Gasteiger partial charge in [-0.15, -0.1) is 0 Å². The summed E-state index contributed by atoms with van der Waals surface area (Å²) < 4.78 is 24.1. The molecule has 1 aromatic carbocycles. The highest BCUT2D eigenvalue weighted by atomic mass is 32.2. The summed E-state index contributed by atoms with van der Waals surface area (Å²) in [6, 6.07) is 8.22. The monoisotopic (exact) mass is 281 g/mol. The maximum absolute atomic E-state index is 12.1. The topological polar surface area (TPSA) is 70.9 Å². The van der Waals surface area contributed by atoms with Crippen LogP contribution in [-0.2, 0) is 9.84 Å². The smallest absolute Gasteiger partial charge is 0.201 e. The van der Waals surface area contributed by atoms with E-state index in [4.69, 9.17) is 0 Å². The maximum Gasteiger partial charge on any atom is 0.201 e. The molecule has 0 saturated heterocycles. The van der Waals surface area contributed by atoms with Crippen LogP contribution in [0.4, 0.5) is 0 Å². The van der Waals surface area contributed by atoms with Crippen molar-refractivity contribution in [3.63, 3.8) is 0 Å². The molecule has 2 rings (SSSR count). The lowest BCUT2D eigenvalue weighted by Gasteiger charge is -2.07. The average Bonchev–Trinajstić information content (AvgIpc) is 2.39. The standard InChI is InChI=1S/C11H11N3O2S2/c1-17-11-13-9(7-12-14-11)8-18(15,16)10-5-3-2-4-6-10/h2-8H,1H3,(H,13,14)/b9-8+. The first kappa shape index (κ1) is 12.8. The first-order valence-electron chi connectivity index (χ1n) is 5.05. The summed E-state index contributed by atoms with van der Waals surface area (Å²) in [6.07, 6.45) is 3.20. The Hall–Kier alpha value is -1.60. The quantitative estimate of drug-likeness (QED) is 0.894. The van der Waals surface area contributed by atoms with Crippen LogP contribution in [0, 0.1) is 0 Å². The lowest BCUT2D eigenvalue weighted by atomic mass is 10.4. The lowest BCUT2D eigenvalue weighted by molar-refractivity contribution is 0.604. The molecule has 0 amide bonds. The van der Waals surface area contributed by atoms with Gasteiger partial charge in [0.15, 0.2) is 5.17 Å². The Morgan fingerprint density at radius 3 is 2.67 bits per heavy atom. The number of sulfone groups is 1. The number of aliphatic imine (C=N–C) groups is 1. The third-order valence-electron chi connectivity index (χ3n) is 2.13. The van der Waals surface area contributed by atoms with Crippen LogP contribution in [0.3, 0.4) is 0 Å². The average molecular weight is 281 g/mol. The predicted molar refractivity (Wildman–Crippen MR) is 74.3 cm³/mol. The molecular formula is C11H11N3O2S2.